The fraction of sp³-hybridized carbons (Fsp3) is 0.444. The topological polar surface area (TPSA) is 125 Å². The number of imidazole rings is 1. The third-order valence-electron chi connectivity index (χ3n) is 4.30. The zero-order valence-corrected chi connectivity index (χ0v) is 15.8. The van der Waals surface area contributed by atoms with Crippen LogP contribution in [0.5, 0.6) is 0 Å². The molecule has 9 nitrogen and oxygen atoms in total. The largest absolute Gasteiger partial charge is 0.361 e. The van der Waals surface area contributed by atoms with Crippen LogP contribution in [0.4, 0.5) is 4.79 Å². The lowest BCUT2D eigenvalue weighted by atomic mass is 9.98. The standard InChI is InChI=1S/C18H24N6O3/c1-9(2)5-13-6-12(24-27-13)7-19-17(25)14-10(3)22-18(26)23-16(14)15-11(4)20-8-21-15/h6,8-9,16H,5,7H2,1-4H3,(H,19,25)(H,20,21)(H2,22,23,26)/t16-/m1/s1. The molecular weight excluding hydrogens is 348 g/mol. The lowest BCUT2D eigenvalue weighted by molar-refractivity contribution is -0.118. The minimum absolute atomic E-state index is 0.234. The maximum absolute atomic E-state index is 12.8. The van der Waals surface area contributed by atoms with Crippen LogP contribution in [-0.4, -0.2) is 27.1 Å². The van der Waals surface area contributed by atoms with Gasteiger partial charge in [-0.05, 0) is 19.8 Å². The average Bonchev–Trinajstić information content (AvgIpc) is 3.20. The van der Waals surface area contributed by atoms with E-state index in [0.29, 0.717) is 28.6 Å². The number of carbonyl (C=O) groups excluding carboxylic acids is 2. The number of aromatic nitrogens is 3. The van der Waals surface area contributed by atoms with Gasteiger partial charge in [0.25, 0.3) is 5.91 Å². The Labute approximate surface area is 157 Å². The monoisotopic (exact) mass is 372 g/mol. The van der Waals surface area contributed by atoms with Crippen LogP contribution in [0.3, 0.4) is 0 Å². The van der Waals surface area contributed by atoms with E-state index in [1.807, 2.05) is 13.0 Å². The normalized spacial score (nSPS) is 17.1. The Balaban J connectivity index is 1.75. The van der Waals surface area contributed by atoms with Crippen LogP contribution in [0, 0.1) is 12.8 Å². The fourth-order valence-corrected chi connectivity index (χ4v) is 3.06. The smallest absolute Gasteiger partial charge is 0.319 e. The van der Waals surface area contributed by atoms with Gasteiger partial charge in [0, 0.05) is 23.9 Å². The molecule has 0 unspecified atom stereocenters. The highest BCUT2D eigenvalue weighted by molar-refractivity contribution is 5.98. The zero-order chi connectivity index (χ0) is 19.6. The number of nitrogens with one attached hydrogen (secondary N) is 4. The summed E-state index contributed by atoms with van der Waals surface area (Å²) >= 11 is 0. The van der Waals surface area contributed by atoms with Crippen LogP contribution in [0.15, 0.2) is 28.2 Å². The van der Waals surface area contributed by atoms with Gasteiger partial charge in [-0.2, -0.15) is 0 Å². The summed E-state index contributed by atoms with van der Waals surface area (Å²) in [5.74, 6) is 0.949. The molecule has 0 radical (unpaired) electrons. The van der Waals surface area contributed by atoms with Gasteiger partial charge < -0.3 is 25.5 Å². The predicted molar refractivity (Wildman–Crippen MR) is 97.3 cm³/mol. The molecule has 1 atom stereocenters. The summed E-state index contributed by atoms with van der Waals surface area (Å²) in [7, 11) is 0. The lowest BCUT2D eigenvalue weighted by Gasteiger charge is -2.27. The van der Waals surface area contributed by atoms with E-state index >= 15 is 0 Å². The molecule has 3 amide bonds. The number of carbonyl (C=O) groups is 2. The summed E-state index contributed by atoms with van der Waals surface area (Å²) in [6.45, 7) is 7.96. The van der Waals surface area contributed by atoms with Crippen molar-refractivity contribution in [2.75, 3.05) is 0 Å². The second-order valence-corrected chi connectivity index (χ2v) is 7.05. The highest BCUT2D eigenvalue weighted by atomic mass is 16.5. The SMILES string of the molecule is CC1=C(C(=O)NCc2cc(CC(C)C)on2)[C@H](c2nc[nH]c2C)NC(=O)N1. The van der Waals surface area contributed by atoms with Crippen LogP contribution >= 0.6 is 0 Å². The van der Waals surface area contributed by atoms with Gasteiger partial charge in [-0.25, -0.2) is 9.78 Å². The molecule has 0 fully saturated rings. The van der Waals surface area contributed by atoms with Crippen LogP contribution in [0.1, 0.15) is 49.7 Å². The van der Waals surface area contributed by atoms with Gasteiger partial charge in [-0.3, -0.25) is 4.79 Å². The van der Waals surface area contributed by atoms with Crippen LogP contribution in [0.25, 0.3) is 0 Å². The minimum atomic E-state index is -0.626. The van der Waals surface area contributed by atoms with Gasteiger partial charge >= 0.3 is 6.03 Å². The Hall–Kier alpha value is -3.10. The molecule has 0 saturated heterocycles. The molecule has 2 aromatic rings. The highest BCUT2D eigenvalue weighted by Gasteiger charge is 2.33. The van der Waals surface area contributed by atoms with Gasteiger partial charge in [-0.15, -0.1) is 0 Å². The van der Waals surface area contributed by atoms with Crippen molar-refractivity contribution in [1.82, 2.24) is 31.1 Å². The first-order valence-corrected chi connectivity index (χ1v) is 8.86. The molecule has 3 rings (SSSR count). The molecular formula is C18H24N6O3. The first-order valence-electron chi connectivity index (χ1n) is 8.86. The third-order valence-corrected chi connectivity index (χ3v) is 4.30. The molecule has 0 saturated carbocycles. The van der Waals surface area contributed by atoms with E-state index in [9.17, 15) is 9.59 Å². The van der Waals surface area contributed by atoms with Gasteiger partial charge in [0.15, 0.2) is 0 Å². The van der Waals surface area contributed by atoms with Gasteiger partial charge in [0.1, 0.15) is 17.5 Å². The first-order chi connectivity index (χ1) is 12.8. The molecule has 27 heavy (non-hydrogen) atoms. The number of amides is 3. The van der Waals surface area contributed by atoms with Crippen molar-refractivity contribution in [3.05, 3.63) is 46.5 Å². The number of urea groups is 1. The number of nitrogens with zero attached hydrogens (tertiary/aromatic N) is 2. The molecule has 1 aliphatic heterocycles. The quantitative estimate of drug-likeness (QED) is 0.616. The molecule has 144 valence electrons. The summed E-state index contributed by atoms with van der Waals surface area (Å²) in [6.07, 6.45) is 2.33. The second kappa shape index (κ2) is 7.65. The van der Waals surface area contributed by atoms with Gasteiger partial charge in [-0.1, -0.05) is 19.0 Å². The van der Waals surface area contributed by atoms with E-state index in [-0.39, 0.29) is 18.5 Å². The molecule has 2 aromatic heterocycles. The molecule has 4 N–H and O–H groups in total. The van der Waals surface area contributed by atoms with Crippen molar-refractivity contribution in [2.45, 2.75) is 46.7 Å². The van der Waals surface area contributed by atoms with E-state index < -0.39 is 6.04 Å². The molecule has 1 aliphatic rings. The zero-order valence-electron chi connectivity index (χ0n) is 15.8. The summed E-state index contributed by atoms with van der Waals surface area (Å²) in [6, 6.07) is 0.850. The van der Waals surface area contributed by atoms with Crippen LogP contribution in [-0.2, 0) is 17.8 Å². The van der Waals surface area contributed by atoms with E-state index in [0.717, 1.165) is 17.9 Å². The van der Waals surface area contributed by atoms with Crippen molar-refractivity contribution in [1.29, 1.82) is 0 Å². The molecule has 0 bridgehead atoms. The lowest BCUT2D eigenvalue weighted by Crippen LogP contribution is -2.47. The molecule has 0 spiro atoms. The first kappa shape index (κ1) is 18.7. The molecule has 3 heterocycles. The van der Waals surface area contributed by atoms with Crippen molar-refractivity contribution >= 4 is 11.9 Å². The number of hydrogen-bond donors (Lipinski definition) is 4. The summed E-state index contributed by atoms with van der Waals surface area (Å²) in [5.41, 5.74) is 2.95. The van der Waals surface area contributed by atoms with Crippen molar-refractivity contribution in [3.63, 3.8) is 0 Å². The Morgan fingerprint density at radius 3 is 2.81 bits per heavy atom. The molecule has 0 aromatic carbocycles. The van der Waals surface area contributed by atoms with Crippen LogP contribution in [0.2, 0.25) is 0 Å². The Bertz CT molecular complexity index is 879. The number of aromatic amines is 1. The van der Waals surface area contributed by atoms with E-state index in [4.69, 9.17) is 4.52 Å². The summed E-state index contributed by atoms with van der Waals surface area (Å²) in [5, 5.41) is 12.2. The predicted octanol–water partition coefficient (Wildman–Crippen LogP) is 1.85. The highest BCUT2D eigenvalue weighted by Crippen LogP contribution is 2.27. The second-order valence-electron chi connectivity index (χ2n) is 7.05. The van der Waals surface area contributed by atoms with E-state index in [1.165, 1.54) is 6.33 Å². The Kier molecular flexibility index (Phi) is 5.29. The Morgan fingerprint density at radius 2 is 2.15 bits per heavy atom. The Morgan fingerprint density at radius 1 is 1.37 bits per heavy atom. The van der Waals surface area contributed by atoms with Crippen molar-refractivity contribution in [2.24, 2.45) is 5.92 Å². The average molecular weight is 372 g/mol. The minimum Gasteiger partial charge on any atom is -0.361 e. The molecule has 0 aliphatic carbocycles. The van der Waals surface area contributed by atoms with Gasteiger partial charge in [0.05, 0.1) is 24.1 Å². The number of aryl methyl sites for hydroxylation is 1. The molecule has 9 heteroatoms. The van der Waals surface area contributed by atoms with Crippen molar-refractivity contribution in [3.8, 4) is 0 Å². The number of H-pyrrole nitrogens is 1. The fourth-order valence-electron chi connectivity index (χ4n) is 3.06. The van der Waals surface area contributed by atoms with Gasteiger partial charge in [0.2, 0.25) is 0 Å². The van der Waals surface area contributed by atoms with Crippen molar-refractivity contribution < 1.29 is 14.1 Å². The number of allylic oxidation sites excluding steroid dienone is 1. The summed E-state index contributed by atoms with van der Waals surface area (Å²) in [4.78, 5) is 31.9. The van der Waals surface area contributed by atoms with E-state index in [2.05, 4.69) is 44.9 Å². The van der Waals surface area contributed by atoms with Crippen LogP contribution < -0.4 is 16.0 Å². The summed E-state index contributed by atoms with van der Waals surface area (Å²) < 4.78 is 5.29. The maximum Gasteiger partial charge on any atom is 0.319 e. The number of rotatable bonds is 6. The van der Waals surface area contributed by atoms with E-state index in [1.54, 1.807) is 6.92 Å². The third kappa shape index (κ3) is 4.18. The number of hydrogen-bond acceptors (Lipinski definition) is 5. The maximum atomic E-state index is 12.8.